The highest BCUT2D eigenvalue weighted by atomic mass is 32.1. The molecule has 2 aromatic heterocycles. The molecule has 0 spiro atoms. The lowest BCUT2D eigenvalue weighted by Gasteiger charge is -2.18. The summed E-state index contributed by atoms with van der Waals surface area (Å²) in [4.78, 5) is 14.0. The Bertz CT molecular complexity index is 1000. The fraction of sp³-hybridized carbons (Fsp3) is 0.318. The van der Waals surface area contributed by atoms with Gasteiger partial charge in [0.15, 0.2) is 11.5 Å². The molecule has 3 aromatic rings. The van der Waals surface area contributed by atoms with E-state index in [-0.39, 0.29) is 12.1 Å². The largest absolute Gasteiger partial charge is 0.493 e. The van der Waals surface area contributed by atoms with E-state index in [1.807, 2.05) is 31.5 Å². The fourth-order valence-electron chi connectivity index (χ4n) is 3.39. The van der Waals surface area contributed by atoms with Crippen molar-refractivity contribution >= 4 is 23.1 Å². The first-order valence-corrected chi connectivity index (χ1v) is 10.3. The number of amides is 2. The van der Waals surface area contributed by atoms with E-state index in [9.17, 15) is 4.79 Å². The van der Waals surface area contributed by atoms with Crippen LogP contribution in [0.5, 0.6) is 17.2 Å². The number of hydrogen-bond acceptors (Lipinski definition) is 5. The van der Waals surface area contributed by atoms with Gasteiger partial charge in [-0.1, -0.05) is 0 Å². The second kappa shape index (κ2) is 9.13. The van der Waals surface area contributed by atoms with Gasteiger partial charge in [-0.25, -0.2) is 4.79 Å². The lowest BCUT2D eigenvalue weighted by molar-refractivity contribution is 0.249. The van der Waals surface area contributed by atoms with Crippen LogP contribution in [0.3, 0.4) is 0 Å². The number of methoxy groups -OCH3 is 3. The molecule has 3 rings (SSSR count). The molecule has 0 aliphatic heterocycles. The van der Waals surface area contributed by atoms with Crippen molar-refractivity contribution in [3.8, 4) is 22.2 Å². The van der Waals surface area contributed by atoms with Gasteiger partial charge >= 0.3 is 6.03 Å². The van der Waals surface area contributed by atoms with E-state index in [1.165, 1.54) is 31.8 Å². The summed E-state index contributed by atoms with van der Waals surface area (Å²) in [5.74, 6) is 1.42. The molecule has 1 unspecified atom stereocenters. The van der Waals surface area contributed by atoms with Crippen LogP contribution in [-0.2, 0) is 0 Å². The van der Waals surface area contributed by atoms with Gasteiger partial charge in [0.05, 0.1) is 33.1 Å². The van der Waals surface area contributed by atoms with Crippen LogP contribution in [0.2, 0.25) is 0 Å². The van der Waals surface area contributed by atoms with Gasteiger partial charge in [-0.15, -0.1) is 11.3 Å². The molecular weight excluding hydrogens is 402 g/mol. The van der Waals surface area contributed by atoms with Crippen molar-refractivity contribution in [2.24, 2.45) is 0 Å². The van der Waals surface area contributed by atoms with Crippen molar-refractivity contribution in [3.05, 3.63) is 52.7 Å². The Morgan fingerprint density at radius 2 is 1.63 bits per heavy atom. The van der Waals surface area contributed by atoms with Crippen molar-refractivity contribution in [3.63, 3.8) is 0 Å². The maximum Gasteiger partial charge on any atom is 0.319 e. The second-order valence-electron chi connectivity index (χ2n) is 6.83. The lowest BCUT2D eigenvalue weighted by atomic mass is 10.1. The van der Waals surface area contributed by atoms with Crippen molar-refractivity contribution in [1.82, 2.24) is 9.88 Å². The monoisotopic (exact) mass is 429 g/mol. The predicted molar refractivity (Wildman–Crippen MR) is 120 cm³/mol. The van der Waals surface area contributed by atoms with Gasteiger partial charge in [-0.05, 0) is 38.5 Å². The van der Waals surface area contributed by atoms with Gasteiger partial charge in [0.25, 0.3) is 0 Å². The topological polar surface area (TPSA) is 73.8 Å². The van der Waals surface area contributed by atoms with E-state index >= 15 is 0 Å². The molecule has 1 atom stereocenters. The van der Waals surface area contributed by atoms with E-state index in [0.29, 0.717) is 22.9 Å². The maximum atomic E-state index is 12.7. The number of aromatic nitrogens is 1. The minimum absolute atomic E-state index is 0.186. The zero-order chi connectivity index (χ0) is 21.8. The van der Waals surface area contributed by atoms with Crippen LogP contribution < -0.4 is 24.8 Å². The zero-order valence-corrected chi connectivity index (χ0v) is 18.8. The summed E-state index contributed by atoms with van der Waals surface area (Å²) in [6, 6.07) is 6.86. The Hall–Kier alpha value is -3.13. The number of ether oxygens (including phenoxy) is 3. The molecule has 0 radical (unpaired) electrons. The number of hydrogen-bond donors (Lipinski definition) is 2. The Kier molecular flexibility index (Phi) is 6.56. The second-order valence-corrected chi connectivity index (χ2v) is 8.03. The van der Waals surface area contributed by atoms with Gasteiger partial charge in [0.2, 0.25) is 5.75 Å². The molecule has 2 amide bonds. The highest BCUT2D eigenvalue weighted by molar-refractivity contribution is 7.14. The number of rotatable bonds is 7. The highest BCUT2D eigenvalue weighted by Gasteiger charge is 2.21. The normalized spacial score (nSPS) is 11.7. The van der Waals surface area contributed by atoms with E-state index in [2.05, 4.69) is 29.0 Å². The van der Waals surface area contributed by atoms with Crippen molar-refractivity contribution in [2.45, 2.75) is 26.8 Å². The van der Waals surface area contributed by atoms with Crippen LogP contribution in [0.25, 0.3) is 5.00 Å². The average Bonchev–Trinajstić information content (AvgIpc) is 3.35. The number of benzene rings is 1. The van der Waals surface area contributed by atoms with Gasteiger partial charge in [-0.2, -0.15) is 0 Å². The third-order valence-electron chi connectivity index (χ3n) is 4.95. The number of nitrogens with one attached hydrogen (secondary N) is 2. The minimum atomic E-state index is -0.321. The van der Waals surface area contributed by atoms with Gasteiger partial charge in [0, 0.05) is 35.0 Å². The molecule has 0 saturated heterocycles. The minimum Gasteiger partial charge on any atom is -0.493 e. The first-order chi connectivity index (χ1) is 14.4. The third-order valence-corrected chi connectivity index (χ3v) is 6.19. The smallest absolute Gasteiger partial charge is 0.319 e. The van der Waals surface area contributed by atoms with Crippen LogP contribution in [0.4, 0.5) is 10.5 Å². The molecule has 0 aliphatic carbocycles. The Morgan fingerprint density at radius 3 is 2.17 bits per heavy atom. The molecule has 2 heterocycles. The van der Waals surface area contributed by atoms with Gasteiger partial charge < -0.3 is 29.4 Å². The highest BCUT2D eigenvalue weighted by Crippen LogP contribution is 2.40. The molecular formula is C22H27N3O4S. The standard InChI is InChI=1S/C22H27N3O4S/c1-13-15(3)30-21(25-9-7-8-10-25)19(13)14(2)23-22(26)24-16-11-17(27-4)20(29-6)18(12-16)28-5/h7-12,14H,1-6H3,(H2,23,24,26). The Balaban J connectivity index is 1.81. The van der Waals surface area contributed by atoms with Crippen LogP contribution in [-0.4, -0.2) is 31.9 Å². The summed E-state index contributed by atoms with van der Waals surface area (Å²) in [7, 11) is 4.61. The summed E-state index contributed by atoms with van der Waals surface area (Å²) < 4.78 is 18.1. The molecule has 30 heavy (non-hydrogen) atoms. The first kappa shape index (κ1) is 21.6. The van der Waals surface area contributed by atoms with E-state index in [0.717, 1.165) is 10.6 Å². The predicted octanol–water partition coefficient (Wildman–Crippen LogP) is 5.06. The number of thiophene rings is 1. The third kappa shape index (κ3) is 4.23. The molecule has 0 fully saturated rings. The lowest BCUT2D eigenvalue weighted by Crippen LogP contribution is -2.31. The molecule has 0 aliphatic rings. The fourth-order valence-corrected chi connectivity index (χ4v) is 4.61. The number of aryl methyl sites for hydroxylation is 1. The zero-order valence-electron chi connectivity index (χ0n) is 18.0. The van der Waals surface area contributed by atoms with E-state index in [4.69, 9.17) is 14.2 Å². The van der Waals surface area contributed by atoms with Crippen molar-refractivity contribution in [2.75, 3.05) is 26.6 Å². The SMILES string of the molecule is COc1cc(NC(=O)NC(C)c2c(-n3cccc3)sc(C)c2C)cc(OC)c1OC. The van der Waals surface area contributed by atoms with E-state index in [1.54, 1.807) is 23.5 Å². The summed E-state index contributed by atoms with van der Waals surface area (Å²) in [5, 5.41) is 7.00. The molecule has 7 nitrogen and oxygen atoms in total. The first-order valence-electron chi connectivity index (χ1n) is 9.50. The average molecular weight is 430 g/mol. The Morgan fingerprint density at radius 1 is 1.03 bits per heavy atom. The van der Waals surface area contributed by atoms with Crippen LogP contribution in [0.1, 0.15) is 29.0 Å². The van der Waals surface area contributed by atoms with Gasteiger partial charge in [-0.3, -0.25) is 0 Å². The van der Waals surface area contributed by atoms with Crippen molar-refractivity contribution < 1.29 is 19.0 Å². The molecule has 0 bridgehead atoms. The molecule has 1 aromatic carbocycles. The maximum absolute atomic E-state index is 12.7. The number of anilines is 1. The summed E-state index contributed by atoms with van der Waals surface area (Å²) in [6.07, 6.45) is 4.02. The number of nitrogens with zero attached hydrogens (tertiary/aromatic N) is 1. The van der Waals surface area contributed by atoms with Crippen LogP contribution >= 0.6 is 11.3 Å². The van der Waals surface area contributed by atoms with Crippen LogP contribution in [0, 0.1) is 13.8 Å². The number of carbonyl (C=O) groups excluding carboxylic acids is 1. The quantitative estimate of drug-likeness (QED) is 0.550. The molecule has 2 N–H and O–H groups in total. The summed E-state index contributed by atoms with van der Waals surface area (Å²) in [6.45, 7) is 6.17. The van der Waals surface area contributed by atoms with Crippen LogP contribution in [0.15, 0.2) is 36.7 Å². The molecule has 8 heteroatoms. The number of carbonyl (C=O) groups is 1. The van der Waals surface area contributed by atoms with Gasteiger partial charge in [0.1, 0.15) is 5.00 Å². The number of urea groups is 1. The summed E-state index contributed by atoms with van der Waals surface area (Å²) in [5.41, 5.74) is 2.83. The molecule has 160 valence electrons. The summed E-state index contributed by atoms with van der Waals surface area (Å²) >= 11 is 1.72. The Labute approximate surface area is 180 Å². The molecule has 0 saturated carbocycles. The van der Waals surface area contributed by atoms with Crippen molar-refractivity contribution in [1.29, 1.82) is 0 Å². The van der Waals surface area contributed by atoms with E-state index < -0.39 is 0 Å².